The normalized spacial score (nSPS) is 17.9. The Morgan fingerprint density at radius 1 is 1.41 bits per heavy atom. The summed E-state index contributed by atoms with van der Waals surface area (Å²) in [5.74, 6) is 0.380. The Morgan fingerprint density at radius 3 is 2.71 bits per heavy atom. The third-order valence-corrected chi connectivity index (χ3v) is 3.91. The molecule has 1 fully saturated rings. The van der Waals surface area contributed by atoms with E-state index in [1.165, 1.54) is 0 Å². The van der Waals surface area contributed by atoms with E-state index in [0.29, 0.717) is 18.8 Å². The number of pyridine rings is 1. The van der Waals surface area contributed by atoms with Gasteiger partial charge in [-0.15, -0.1) is 0 Å². The van der Waals surface area contributed by atoms with Crippen molar-refractivity contribution >= 4 is 21.6 Å². The Kier molecular flexibility index (Phi) is 2.34. The zero-order valence-electron chi connectivity index (χ0n) is 9.87. The maximum absolute atomic E-state index is 14.1. The lowest BCUT2D eigenvalue weighted by Gasteiger charge is -2.07. The van der Waals surface area contributed by atoms with Crippen molar-refractivity contribution in [1.82, 2.24) is 9.38 Å². The summed E-state index contributed by atoms with van der Waals surface area (Å²) in [6, 6.07) is 1.86. The van der Waals surface area contributed by atoms with E-state index < -0.39 is 5.67 Å². The van der Waals surface area contributed by atoms with Crippen LogP contribution in [0.3, 0.4) is 0 Å². The highest BCUT2D eigenvalue weighted by Gasteiger charge is 2.45. The van der Waals surface area contributed by atoms with E-state index >= 15 is 0 Å². The van der Waals surface area contributed by atoms with Gasteiger partial charge in [-0.3, -0.25) is 0 Å². The lowest BCUT2D eigenvalue weighted by Crippen LogP contribution is -2.00. The van der Waals surface area contributed by atoms with Crippen molar-refractivity contribution in [2.75, 3.05) is 0 Å². The predicted octanol–water partition coefficient (Wildman–Crippen LogP) is 4.18. The van der Waals surface area contributed by atoms with Gasteiger partial charge in [0.1, 0.15) is 5.67 Å². The first-order chi connectivity index (χ1) is 7.99. The van der Waals surface area contributed by atoms with Crippen LogP contribution < -0.4 is 0 Å². The van der Waals surface area contributed by atoms with E-state index in [4.69, 9.17) is 0 Å². The molecule has 0 aromatic carbocycles. The average Bonchev–Trinajstić information content (AvgIpc) is 2.87. The molecule has 0 bridgehead atoms. The lowest BCUT2D eigenvalue weighted by atomic mass is 10.1. The van der Waals surface area contributed by atoms with Gasteiger partial charge in [0.2, 0.25) is 0 Å². The van der Waals surface area contributed by atoms with Crippen LogP contribution in [0.1, 0.15) is 43.9 Å². The second-order valence-corrected chi connectivity index (χ2v) is 5.95. The van der Waals surface area contributed by atoms with Crippen molar-refractivity contribution in [3.8, 4) is 0 Å². The fourth-order valence-corrected chi connectivity index (χ4v) is 2.54. The van der Waals surface area contributed by atoms with Gasteiger partial charge >= 0.3 is 0 Å². The monoisotopic (exact) mass is 296 g/mol. The Morgan fingerprint density at radius 2 is 2.12 bits per heavy atom. The van der Waals surface area contributed by atoms with Gasteiger partial charge in [0.15, 0.2) is 5.65 Å². The molecular weight excluding hydrogens is 283 g/mol. The van der Waals surface area contributed by atoms with Crippen molar-refractivity contribution in [3.05, 3.63) is 34.2 Å². The summed E-state index contributed by atoms with van der Waals surface area (Å²) in [7, 11) is 0. The van der Waals surface area contributed by atoms with Crippen molar-refractivity contribution < 1.29 is 4.39 Å². The largest absolute Gasteiger partial charge is 0.305 e. The molecule has 0 spiro atoms. The number of fused-ring (bicyclic) bond motifs is 1. The van der Waals surface area contributed by atoms with E-state index in [9.17, 15) is 4.39 Å². The van der Waals surface area contributed by atoms with E-state index in [1.54, 1.807) is 0 Å². The van der Waals surface area contributed by atoms with Crippen LogP contribution in [0.4, 0.5) is 4.39 Å². The highest BCUT2D eigenvalue weighted by molar-refractivity contribution is 9.10. The number of imidazole rings is 1. The number of hydrogen-bond acceptors (Lipinski definition) is 1. The minimum atomic E-state index is -1.10. The third-order valence-electron chi connectivity index (χ3n) is 3.32. The Hall–Kier alpha value is -0.900. The molecule has 0 radical (unpaired) electrons. The van der Waals surface area contributed by atoms with Gasteiger partial charge in [0, 0.05) is 18.0 Å². The van der Waals surface area contributed by atoms with Crippen molar-refractivity contribution in [1.29, 1.82) is 0 Å². The molecule has 1 aliphatic carbocycles. The van der Waals surface area contributed by atoms with Crippen LogP contribution in [-0.2, 0) is 5.67 Å². The summed E-state index contributed by atoms with van der Waals surface area (Å²) in [6.45, 7) is 4.21. The smallest absolute Gasteiger partial charge is 0.151 e. The minimum absolute atomic E-state index is 0.380. The van der Waals surface area contributed by atoms with Gasteiger partial charge in [-0.25, -0.2) is 9.37 Å². The van der Waals surface area contributed by atoms with Crippen LogP contribution in [-0.4, -0.2) is 9.38 Å². The SMILES string of the molecule is CC(C)c1cn2cc(C3(F)CC3)cc(Br)c2n1. The summed E-state index contributed by atoms with van der Waals surface area (Å²) in [6.07, 6.45) is 5.12. The molecule has 0 unspecified atom stereocenters. The second kappa shape index (κ2) is 3.55. The maximum atomic E-state index is 14.1. The fourth-order valence-electron chi connectivity index (χ4n) is 2.00. The molecule has 2 heterocycles. The maximum Gasteiger partial charge on any atom is 0.151 e. The molecule has 17 heavy (non-hydrogen) atoms. The summed E-state index contributed by atoms with van der Waals surface area (Å²) in [5.41, 5.74) is 1.55. The molecular formula is C13H14BrFN2. The van der Waals surface area contributed by atoms with Gasteiger partial charge in [0.25, 0.3) is 0 Å². The Bertz CT molecular complexity index is 584. The number of alkyl halides is 1. The minimum Gasteiger partial charge on any atom is -0.305 e. The molecule has 0 saturated heterocycles. The molecule has 1 aliphatic rings. The molecule has 0 amide bonds. The standard InChI is InChI=1S/C13H14BrFN2/c1-8(2)11-7-17-6-9(13(15)3-4-13)5-10(14)12(17)16-11/h5-8H,3-4H2,1-2H3. The summed E-state index contributed by atoms with van der Waals surface area (Å²) >= 11 is 3.48. The molecule has 90 valence electrons. The highest BCUT2D eigenvalue weighted by atomic mass is 79.9. The van der Waals surface area contributed by atoms with Crippen LogP contribution in [0.5, 0.6) is 0 Å². The summed E-state index contributed by atoms with van der Waals surface area (Å²) in [5, 5.41) is 0. The van der Waals surface area contributed by atoms with Crippen molar-refractivity contribution in [3.63, 3.8) is 0 Å². The molecule has 2 aromatic heterocycles. The van der Waals surface area contributed by atoms with Crippen molar-refractivity contribution in [2.24, 2.45) is 0 Å². The lowest BCUT2D eigenvalue weighted by molar-refractivity contribution is 0.316. The van der Waals surface area contributed by atoms with Crippen LogP contribution in [0, 0.1) is 0 Å². The van der Waals surface area contributed by atoms with Crippen LogP contribution in [0.15, 0.2) is 22.9 Å². The van der Waals surface area contributed by atoms with E-state index in [1.807, 2.05) is 22.9 Å². The van der Waals surface area contributed by atoms with Crippen LogP contribution in [0.25, 0.3) is 5.65 Å². The molecule has 3 rings (SSSR count). The number of aromatic nitrogens is 2. The summed E-state index contributed by atoms with van der Waals surface area (Å²) in [4.78, 5) is 4.55. The zero-order chi connectivity index (χ0) is 12.2. The van der Waals surface area contributed by atoms with Gasteiger partial charge in [0.05, 0.1) is 10.2 Å². The first kappa shape index (κ1) is 11.2. The third kappa shape index (κ3) is 1.79. The van der Waals surface area contributed by atoms with Gasteiger partial charge in [-0.1, -0.05) is 13.8 Å². The average molecular weight is 297 g/mol. The van der Waals surface area contributed by atoms with Gasteiger partial charge < -0.3 is 4.40 Å². The first-order valence-electron chi connectivity index (χ1n) is 5.87. The first-order valence-corrected chi connectivity index (χ1v) is 6.66. The topological polar surface area (TPSA) is 17.3 Å². The van der Waals surface area contributed by atoms with E-state index in [-0.39, 0.29) is 0 Å². The quantitative estimate of drug-likeness (QED) is 0.813. The van der Waals surface area contributed by atoms with Gasteiger partial charge in [-0.2, -0.15) is 0 Å². The number of halogens is 2. The number of nitrogens with zero attached hydrogens (tertiary/aromatic N) is 2. The molecule has 0 N–H and O–H groups in total. The molecule has 2 nitrogen and oxygen atoms in total. The molecule has 1 saturated carbocycles. The van der Waals surface area contributed by atoms with Crippen LogP contribution >= 0.6 is 15.9 Å². The Balaban J connectivity index is 2.18. The number of rotatable bonds is 2. The van der Waals surface area contributed by atoms with Gasteiger partial charge in [-0.05, 0) is 40.8 Å². The molecule has 0 aliphatic heterocycles. The van der Waals surface area contributed by atoms with E-state index in [0.717, 1.165) is 21.4 Å². The molecule has 4 heteroatoms. The van der Waals surface area contributed by atoms with E-state index in [2.05, 4.69) is 34.8 Å². The van der Waals surface area contributed by atoms with Crippen LogP contribution in [0.2, 0.25) is 0 Å². The zero-order valence-corrected chi connectivity index (χ0v) is 11.5. The highest BCUT2D eigenvalue weighted by Crippen LogP contribution is 2.50. The van der Waals surface area contributed by atoms with Crippen molar-refractivity contribution in [2.45, 2.75) is 38.3 Å². The second-order valence-electron chi connectivity index (χ2n) is 5.09. The molecule has 2 aromatic rings. The number of hydrogen-bond donors (Lipinski definition) is 0. The predicted molar refractivity (Wildman–Crippen MR) is 69.0 cm³/mol. The fraction of sp³-hybridized carbons (Fsp3) is 0.462. The Labute approximate surface area is 108 Å². The summed E-state index contributed by atoms with van der Waals surface area (Å²) < 4.78 is 16.8. The molecule has 0 atom stereocenters.